The van der Waals surface area contributed by atoms with Gasteiger partial charge in [0, 0.05) is 33.2 Å². The maximum Gasteiger partial charge on any atom is 0.491 e. The first kappa shape index (κ1) is 24.1. The first-order valence-electron chi connectivity index (χ1n) is 9.86. The molecular formula is C19H21F3N6O5. The van der Waals surface area contributed by atoms with Crippen molar-refractivity contribution in [3.05, 3.63) is 10.4 Å². The van der Waals surface area contributed by atoms with Gasteiger partial charge in [0.05, 0.1) is 6.54 Å². The van der Waals surface area contributed by atoms with Crippen LogP contribution in [-0.2, 0) is 27.9 Å². The van der Waals surface area contributed by atoms with Crippen LogP contribution in [0.15, 0.2) is 4.79 Å². The number of ether oxygens (including phenoxy) is 2. The van der Waals surface area contributed by atoms with Gasteiger partial charge < -0.3 is 19.7 Å². The Morgan fingerprint density at radius 2 is 1.91 bits per heavy atom. The summed E-state index contributed by atoms with van der Waals surface area (Å²) in [5.41, 5.74) is -0.385. The van der Waals surface area contributed by atoms with Crippen LogP contribution in [0.2, 0.25) is 0 Å². The number of hydrogen-bond acceptors (Lipinski definition) is 9. The van der Waals surface area contributed by atoms with Gasteiger partial charge >= 0.3 is 24.1 Å². The Morgan fingerprint density at radius 3 is 2.52 bits per heavy atom. The van der Waals surface area contributed by atoms with Gasteiger partial charge in [-0.15, -0.1) is 5.92 Å². The third-order valence-corrected chi connectivity index (χ3v) is 4.78. The lowest BCUT2D eigenvalue weighted by molar-refractivity contribution is -0.203. The number of esters is 2. The third-order valence-electron chi connectivity index (χ3n) is 4.78. The number of fused-ring (bicyclic) bond motifs is 1. The number of nitrogens with one attached hydrogen (secondary N) is 1. The summed E-state index contributed by atoms with van der Waals surface area (Å²) in [7, 11) is 1.32. The second kappa shape index (κ2) is 9.49. The van der Waals surface area contributed by atoms with Gasteiger partial charge in [-0.05, 0) is 13.8 Å². The van der Waals surface area contributed by atoms with Gasteiger partial charge in [0.2, 0.25) is 5.95 Å². The first-order chi connectivity index (χ1) is 15.5. The summed E-state index contributed by atoms with van der Waals surface area (Å²) in [6.07, 6.45) is -7.00. The number of hydrogen-bond donors (Lipinski definition) is 1. The van der Waals surface area contributed by atoms with Crippen LogP contribution < -0.4 is 20.5 Å². The van der Waals surface area contributed by atoms with E-state index in [1.165, 1.54) is 7.05 Å². The number of carbonyl (C=O) groups excluding carboxylic acids is 2. The number of piperazine rings is 1. The molecular weight excluding hydrogens is 449 g/mol. The van der Waals surface area contributed by atoms with E-state index in [4.69, 9.17) is 4.74 Å². The molecule has 0 amide bonds. The van der Waals surface area contributed by atoms with Gasteiger partial charge in [-0.2, -0.15) is 23.1 Å². The molecule has 11 nitrogen and oxygen atoms in total. The fourth-order valence-corrected chi connectivity index (χ4v) is 3.09. The van der Waals surface area contributed by atoms with Crippen molar-refractivity contribution in [2.24, 2.45) is 7.05 Å². The molecule has 0 aromatic carbocycles. The number of aromatic nitrogens is 4. The quantitative estimate of drug-likeness (QED) is 0.365. The van der Waals surface area contributed by atoms with Crippen molar-refractivity contribution in [3.8, 4) is 17.9 Å². The summed E-state index contributed by atoms with van der Waals surface area (Å²) < 4.78 is 48.6. The topological polar surface area (TPSA) is 121 Å². The molecule has 1 N–H and O–H groups in total. The predicted molar refractivity (Wildman–Crippen MR) is 109 cm³/mol. The summed E-state index contributed by atoms with van der Waals surface area (Å²) in [5, 5.41) is 3.22. The Morgan fingerprint density at radius 1 is 1.24 bits per heavy atom. The van der Waals surface area contributed by atoms with E-state index in [0.29, 0.717) is 19.0 Å². The molecule has 0 saturated carbocycles. The average Bonchev–Trinajstić information content (AvgIpc) is 3.13. The summed E-state index contributed by atoms with van der Waals surface area (Å²) in [6, 6.07) is -0.380. The van der Waals surface area contributed by atoms with Crippen molar-refractivity contribution in [2.75, 3.05) is 31.1 Å². The fourth-order valence-electron chi connectivity index (χ4n) is 3.09. The van der Waals surface area contributed by atoms with Crippen molar-refractivity contribution in [3.63, 3.8) is 0 Å². The van der Waals surface area contributed by atoms with E-state index < -0.39 is 29.8 Å². The molecule has 2 aromatic heterocycles. The SMILES string of the molecule is CC#CCn1c(N2CCNCC2)nc2nc(OC(C)C(=O)OC(=O)C(F)(F)F)n(C)c(=O)c21. The second-order valence-corrected chi connectivity index (χ2v) is 7.06. The zero-order chi connectivity index (χ0) is 24.3. The minimum Gasteiger partial charge on any atom is -0.449 e. The molecule has 0 radical (unpaired) electrons. The molecule has 0 bridgehead atoms. The Bertz CT molecular complexity index is 1190. The van der Waals surface area contributed by atoms with Crippen LogP contribution >= 0.6 is 0 Å². The lowest BCUT2D eigenvalue weighted by atomic mass is 10.4. The largest absolute Gasteiger partial charge is 0.491 e. The maximum absolute atomic E-state index is 13.1. The van der Waals surface area contributed by atoms with Crippen LogP contribution in [0.4, 0.5) is 19.1 Å². The highest BCUT2D eigenvalue weighted by atomic mass is 19.4. The standard InChI is InChI=1S/C19H21F3N6O5/c1-4-5-8-28-12-13(24-17(28)27-9-6-23-7-10-27)25-18(26(3)14(12)29)32-11(2)15(30)33-16(31)19(20,21)22/h11,23H,6-10H2,1-3H3. The molecule has 3 heterocycles. The predicted octanol–water partition coefficient (Wildman–Crippen LogP) is -0.0377. The lowest BCUT2D eigenvalue weighted by Gasteiger charge is -2.28. The zero-order valence-electron chi connectivity index (χ0n) is 18.0. The minimum absolute atomic E-state index is 0.0199. The molecule has 1 aliphatic heterocycles. The van der Waals surface area contributed by atoms with E-state index in [0.717, 1.165) is 24.6 Å². The van der Waals surface area contributed by atoms with Gasteiger partial charge in [-0.25, -0.2) is 9.59 Å². The van der Waals surface area contributed by atoms with Gasteiger partial charge in [-0.1, -0.05) is 5.92 Å². The average molecular weight is 470 g/mol. The van der Waals surface area contributed by atoms with Crippen LogP contribution in [0.1, 0.15) is 13.8 Å². The molecule has 0 aliphatic carbocycles. The number of nitrogens with zero attached hydrogens (tertiary/aromatic N) is 5. The van der Waals surface area contributed by atoms with E-state index in [1.54, 1.807) is 11.5 Å². The Kier molecular flexibility index (Phi) is 6.92. The highest BCUT2D eigenvalue weighted by Gasteiger charge is 2.43. The molecule has 178 valence electrons. The maximum atomic E-state index is 13.1. The number of anilines is 1. The smallest absolute Gasteiger partial charge is 0.449 e. The van der Waals surface area contributed by atoms with Crippen molar-refractivity contribution < 1.29 is 32.2 Å². The van der Waals surface area contributed by atoms with Gasteiger partial charge in [0.25, 0.3) is 5.56 Å². The molecule has 1 aliphatic rings. The number of imidazole rings is 1. The monoisotopic (exact) mass is 470 g/mol. The summed E-state index contributed by atoms with van der Waals surface area (Å²) in [6.45, 7) is 5.63. The molecule has 33 heavy (non-hydrogen) atoms. The van der Waals surface area contributed by atoms with Crippen LogP contribution in [0.25, 0.3) is 11.2 Å². The van der Waals surface area contributed by atoms with Crippen molar-refractivity contribution >= 4 is 29.1 Å². The zero-order valence-corrected chi connectivity index (χ0v) is 18.0. The number of rotatable bonds is 5. The van der Waals surface area contributed by atoms with Gasteiger partial charge in [0.15, 0.2) is 17.3 Å². The third kappa shape index (κ3) is 5.08. The van der Waals surface area contributed by atoms with E-state index in [2.05, 4.69) is 31.9 Å². The molecule has 2 aromatic rings. The Balaban J connectivity index is 1.97. The molecule has 1 atom stereocenters. The van der Waals surface area contributed by atoms with E-state index in [-0.39, 0.29) is 23.7 Å². The van der Waals surface area contributed by atoms with E-state index in [9.17, 15) is 27.6 Å². The van der Waals surface area contributed by atoms with Crippen LogP contribution in [0.3, 0.4) is 0 Å². The number of alkyl halides is 3. The molecule has 14 heteroatoms. The second-order valence-electron chi connectivity index (χ2n) is 7.06. The van der Waals surface area contributed by atoms with Crippen LogP contribution in [0, 0.1) is 11.8 Å². The van der Waals surface area contributed by atoms with Gasteiger partial charge in [-0.3, -0.25) is 13.9 Å². The highest BCUT2D eigenvalue weighted by Crippen LogP contribution is 2.22. The van der Waals surface area contributed by atoms with Crippen molar-refractivity contribution in [2.45, 2.75) is 32.7 Å². The summed E-state index contributed by atoms with van der Waals surface area (Å²) >= 11 is 0. The van der Waals surface area contributed by atoms with Crippen molar-refractivity contribution in [1.29, 1.82) is 0 Å². The number of carbonyl (C=O) groups is 2. The minimum atomic E-state index is -5.34. The Labute approximate surface area is 185 Å². The molecule has 3 rings (SSSR count). The Hall–Kier alpha value is -3.60. The first-order valence-corrected chi connectivity index (χ1v) is 9.86. The van der Waals surface area contributed by atoms with Crippen LogP contribution in [0.5, 0.6) is 6.01 Å². The normalized spacial score (nSPS) is 15.0. The van der Waals surface area contributed by atoms with E-state index in [1.807, 2.05) is 4.90 Å². The summed E-state index contributed by atoms with van der Waals surface area (Å²) in [5.74, 6) is 1.90. The van der Waals surface area contributed by atoms with E-state index >= 15 is 0 Å². The molecule has 1 fully saturated rings. The lowest BCUT2D eigenvalue weighted by Crippen LogP contribution is -2.44. The fraction of sp³-hybridized carbons (Fsp3) is 0.526. The van der Waals surface area contributed by atoms with Crippen LogP contribution in [-0.4, -0.2) is 69.5 Å². The number of halogens is 3. The molecule has 1 saturated heterocycles. The molecule has 1 unspecified atom stereocenters. The molecule has 0 spiro atoms. The van der Waals surface area contributed by atoms with Gasteiger partial charge in [0.1, 0.15) is 0 Å². The van der Waals surface area contributed by atoms with Crippen molar-refractivity contribution in [1.82, 2.24) is 24.4 Å². The highest BCUT2D eigenvalue weighted by molar-refractivity contribution is 5.90. The summed E-state index contributed by atoms with van der Waals surface area (Å²) in [4.78, 5) is 46.4.